The van der Waals surface area contributed by atoms with E-state index >= 15 is 4.79 Å². The number of halogens is 1. The van der Waals surface area contributed by atoms with Gasteiger partial charge in [0, 0.05) is 12.1 Å². The molecule has 7 rings (SSSR count). The van der Waals surface area contributed by atoms with Gasteiger partial charge in [-0.1, -0.05) is 48.5 Å². The zero-order chi connectivity index (χ0) is 31.5. The molecule has 0 N–H and O–H groups in total. The van der Waals surface area contributed by atoms with Crippen molar-refractivity contribution in [3.63, 3.8) is 0 Å². The maximum Gasteiger partial charge on any atom is 0.291 e. The number of hydrogen-bond acceptors (Lipinski definition) is 6. The van der Waals surface area contributed by atoms with Crippen LogP contribution in [0.25, 0.3) is 11.0 Å². The van der Waals surface area contributed by atoms with E-state index in [2.05, 4.69) is 0 Å². The predicted octanol–water partition coefficient (Wildman–Crippen LogP) is 5.75. The van der Waals surface area contributed by atoms with Crippen molar-refractivity contribution in [3.05, 3.63) is 135 Å². The minimum atomic E-state index is -1.82. The molecule has 0 radical (unpaired) electrons. The second-order valence-corrected chi connectivity index (χ2v) is 11.2. The molecule has 3 heterocycles. The van der Waals surface area contributed by atoms with Gasteiger partial charge in [0.2, 0.25) is 5.76 Å². The number of benzene rings is 4. The smallest absolute Gasteiger partial charge is 0.291 e. The Balaban J connectivity index is 1.43. The van der Waals surface area contributed by atoms with Gasteiger partial charge in [-0.15, -0.1) is 0 Å². The molecule has 2 aliphatic heterocycles. The van der Waals surface area contributed by atoms with Gasteiger partial charge in [0.1, 0.15) is 11.4 Å². The van der Waals surface area contributed by atoms with Crippen LogP contribution in [0.2, 0.25) is 0 Å². The van der Waals surface area contributed by atoms with E-state index in [0.717, 1.165) is 22.8 Å². The highest BCUT2D eigenvalue weighted by molar-refractivity contribution is 6.17. The van der Waals surface area contributed by atoms with Crippen LogP contribution in [0.5, 0.6) is 11.5 Å². The summed E-state index contributed by atoms with van der Waals surface area (Å²) in [6.45, 7) is 2.27. The molecule has 9 heteroatoms. The lowest BCUT2D eigenvalue weighted by molar-refractivity contribution is -0.126. The summed E-state index contributed by atoms with van der Waals surface area (Å²) in [6, 6.07) is 24.0. The summed E-state index contributed by atoms with van der Waals surface area (Å²) in [6.07, 6.45) is 0.331. The van der Waals surface area contributed by atoms with Crippen molar-refractivity contribution in [1.82, 2.24) is 4.90 Å². The van der Waals surface area contributed by atoms with E-state index in [1.165, 1.54) is 17.0 Å². The van der Waals surface area contributed by atoms with Crippen molar-refractivity contribution in [1.29, 1.82) is 0 Å². The van der Waals surface area contributed by atoms with E-state index in [4.69, 9.17) is 13.9 Å². The first-order valence-corrected chi connectivity index (χ1v) is 14.5. The Morgan fingerprint density at radius 1 is 0.867 bits per heavy atom. The van der Waals surface area contributed by atoms with Crippen LogP contribution in [0.3, 0.4) is 0 Å². The standard InChI is InChI=1S/C36H29FN2O6/c1-21-8-4-5-9-23(21)20-38-27-11-7-6-10-26(27)36(35(38)42)31-32(40)25-19-24(37)13-15-28(25)45-33(31)34(41)39(36)17-16-22-12-14-29(43-2)30(18-22)44-3/h4-15,18-19H,16-17,20H2,1-3H3. The van der Waals surface area contributed by atoms with Gasteiger partial charge in [-0.2, -0.15) is 0 Å². The highest BCUT2D eigenvalue weighted by Gasteiger charge is 2.64. The third kappa shape index (κ3) is 4.14. The Hall–Kier alpha value is -5.44. The molecule has 0 aliphatic carbocycles. The number of amides is 2. The number of nitrogens with zero attached hydrogens (tertiary/aromatic N) is 2. The topological polar surface area (TPSA) is 89.3 Å². The van der Waals surface area contributed by atoms with Crippen molar-refractivity contribution in [3.8, 4) is 11.5 Å². The molecule has 1 aromatic heterocycles. The molecule has 1 atom stereocenters. The van der Waals surface area contributed by atoms with Gasteiger partial charge in [0.15, 0.2) is 22.5 Å². The van der Waals surface area contributed by atoms with Gasteiger partial charge in [0.25, 0.3) is 11.8 Å². The monoisotopic (exact) mass is 604 g/mol. The molecule has 226 valence electrons. The quantitative estimate of drug-likeness (QED) is 0.235. The van der Waals surface area contributed by atoms with E-state index < -0.39 is 28.6 Å². The van der Waals surface area contributed by atoms with Crippen molar-refractivity contribution in [2.45, 2.75) is 25.4 Å². The normalized spacial score (nSPS) is 16.9. The van der Waals surface area contributed by atoms with E-state index in [-0.39, 0.29) is 35.4 Å². The highest BCUT2D eigenvalue weighted by Crippen LogP contribution is 2.53. The molecule has 2 aliphatic rings. The molecule has 1 unspecified atom stereocenters. The average Bonchev–Trinajstić information content (AvgIpc) is 3.44. The number of ether oxygens (including phenoxy) is 2. The van der Waals surface area contributed by atoms with Crippen LogP contribution in [0.15, 0.2) is 94.1 Å². The Labute approximate surface area is 258 Å². The minimum absolute atomic E-state index is 0.0368. The van der Waals surface area contributed by atoms with Gasteiger partial charge in [0.05, 0.1) is 37.4 Å². The average molecular weight is 605 g/mol. The summed E-state index contributed by atoms with van der Waals surface area (Å²) in [5.74, 6) is -0.797. The van der Waals surface area contributed by atoms with Crippen LogP contribution >= 0.6 is 0 Å². The third-order valence-corrected chi connectivity index (χ3v) is 8.86. The number of para-hydroxylation sites is 1. The SMILES string of the molecule is COc1ccc(CCN2C(=O)c3oc4ccc(F)cc4c(=O)c3C23C(=O)N(Cc2ccccc2C)c2ccccc23)cc1OC. The Kier molecular flexibility index (Phi) is 6.69. The maximum atomic E-state index is 15.0. The third-order valence-electron chi connectivity index (χ3n) is 8.86. The van der Waals surface area contributed by atoms with Crippen LogP contribution < -0.4 is 19.8 Å². The fourth-order valence-corrected chi connectivity index (χ4v) is 6.65. The van der Waals surface area contributed by atoms with E-state index in [0.29, 0.717) is 29.2 Å². The largest absolute Gasteiger partial charge is 0.493 e. The molecule has 1 spiro atoms. The second-order valence-electron chi connectivity index (χ2n) is 11.2. The molecule has 5 aromatic rings. The first-order valence-electron chi connectivity index (χ1n) is 14.5. The van der Waals surface area contributed by atoms with E-state index in [1.807, 2.05) is 55.5 Å². The Bertz CT molecular complexity index is 2090. The van der Waals surface area contributed by atoms with Crippen molar-refractivity contribution in [2.24, 2.45) is 0 Å². The van der Waals surface area contributed by atoms with Gasteiger partial charge in [-0.3, -0.25) is 14.4 Å². The number of methoxy groups -OCH3 is 2. The molecular weight excluding hydrogens is 575 g/mol. The van der Waals surface area contributed by atoms with Gasteiger partial charge in [-0.05, 0) is 66.4 Å². The summed E-state index contributed by atoms with van der Waals surface area (Å²) >= 11 is 0. The zero-order valence-corrected chi connectivity index (χ0v) is 24.9. The summed E-state index contributed by atoms with van der Waals surface area (Å²) in [7, 11) is 3.09. The molecule has 2 amide bonds. The molecule has 8 nitrogen and oxygen atoms in total. The highest BCUT2D eigenvalue weighted by atomic mass is 19.1. The molecule has 0 saturated carbocycles. The van der Waals surface area contributed by atoms with Crippen molar-refractivity contribution < 1.29 is 27.9 Å². The summed E-state index contributed by atoms with van der Waals surface area (Å²) in [5, 5.41) is -0.0368. The first-order chi connectivity index (χ1) is 21.8. The van der Waals surface area contributed by atoms with Gasteiger partial charge >= 0.3 is 0 Å². The molecule has 0 fully saturated rings. The van der Waals surface area contributed by atoms with Crippen LogP contribution in [-0.2, 0) is 23.3 Å². The van der Waals surface area contributed by atoms with Crippen LogP contribution in [0.1, 0.15) is 38.4 Å². The number of carbonyl (C=O) groups excluding carboxylic acids is 2. The summed E-state index contributed by atoms with van der Waals surface area (Å²) < 4.78 is 31.3. The fraction of sp³-hybridized carbons (Fsp3) is 0.194. The molecular formula is C36H29FN2O6. The van der Waals surface area contributed by atoms with E-state index in [1.54, 1.807) is 37.3 Å². The molecule has 0 bridgehead atoms. The lowest BCUT2D eigenvalue weighted by atomic mass is 9.83. The lowest BCUT2D eigenvalue weighted by Crippen LogP contribution is -2.53. The molecule has 0 saturated heterocycles. The Morgan fingerprint density at radius 3 is 2.40 bits per heavy atom. The van der Waals surface area contributed by atoms with Crippen LogP contribution in [0.4, 0.5) is 10.1 Å². The number of rotatable bonds is 7. The summed E-state index contributed by atoms with van der Waals surface area (Å²) in [4.78, 5) is 46.7. The Morgan fingerprint density at radius 2 is 1.62 bits per heavy atom. The summed E-state index contributed by atoms with van der Waals surface area (Å²) in [5.41, 5.74) is 1.37. The van der Waals surface area contributed by atoms with Crippen LogP contribution in [0, 0.1) is 12.7 Å². The minimum Gasteiger partial charge on any atom is -0.493 e. The second kappa shape index (κ2) is 10.6. The number of fused-ring (bicyclic) bond motifs is 5. The van der Waals surface area contributed by atoms with Crippen molar-refractivity contribution in [2.75, 3.05) is 25.7 Å². The number of carbonyl (C=O) groups is 2. The number of aryl methyl sites for hydroxylation is 1. The predicted molar refractivity (Wildman–Crippen MR) is 166 cm³/mol. The zero-order valence-electron chi connectivity index (χ0n) is 24.9. The number of anilines is 1. The van der Waals surface area contributed by atoms with Crippen molar-refractivity contribution >= 4 is 28.5 Å². The fourth-order valence-electron chi connectivity index (χ4n) is 6.65. The maximum absolute atomic E-state index is 15.0. The van der Waals surface area contributed by atoms with Crippen LogP contribution in [-0.4, -0.2) is 37.5 Å². The van der Waals surface area contributed by atoms with E-state index in [9.17, 15) is 14.0 Å². The van der Waals surface area contributed by atoms with Gasteiger partial charge < -0.3 is 23.7 Å². The first kappa shape index (κ1) is 28.3. The molecule has 4 aromatic carbocycles. The molecule has 45 heavy (non-hydrogen) atoms. The van der Waals surface area contributed by atoms with Gasteiger partial charge in [-0.25, -0.2) is 4.39 Å². The number of hydrogen-bond donors (Lipinski definition) is 0. The lowest BCUT2D eigenvalue weighted by Gasteiger charge is -2.34.